The summed E-state index contributed by atoms with van der Waals surface area (Å²) < 4.78 is 2.01. The Kier molecular flexibility index (Phi) is 3.42. The zero-order valence-corrected chi connectivity index (χ0v) is 10.2. The van der Waals surface area contributed by atoms with Gasteiger partial charge in [0.05, 0.1) is 17.4 Å². The van der Waals surface area contributed by atoms with E-state index in [1.807, 2.05) is 42.7 Å². The number of nitrogens with zero attached hydrogens (tertiary/aromatic N) is 2. The summed E-state index contributed by atoms with van der Waals surface area (Å²) in [5, 5.41) is 2.88. The van der Waals surface area contributed by atoms with Crippen LogP contribution in [0.5, 0.6) is 0 Å². The molecule has 2 aromatic rings. The summed E-state index contributed by atoms with van der Waals surface area (Å²) in [5.74, 6) is 0.0813. The Bertz CT molecular complexity index is 516. The fraction of sp³-hybridized carbons (Fsp3) is 0.385. The van der Waals surface area contributed by atoms with Gasteiger partial charge in [0.25, 0.3) is 0 Å². The first-order valence-electron chi connectivity index (χ1n) is 5.86. The number of aryl methyl sites for hydroxylation is 1. The van der Waals surface area contributed by atoms with Gasteiger partial charge in [-0.1, -0.05) is 12.1 Å². The van der Waals surface area contributed by atoms with Crippen molar-refractivity contribution in [2.45, 2.75) is 32.9 Å². The monoisotopic (exact) mass is 231 g/mol. The number of para-hydroxylation sites is 2. The Labute approximate surface area is 101 Å². The highest BCUT2D eigenvalue weighted by molar-refractivity contribution is 5.77. The van der Waals surface area contributed by atoms with Gasteiger partial charge >= 0.3 is 0 Å². The van der Waals surface area contributed by atoms with Crippen LogP contribution in [0, 0.1) is 0 Å². The summed E-state index contributed by atoms with van der Waals surface area (Å²) >= 11 is 0. The van der Waals surface area contributed by atoms with Gasteiger partial charge in [0.15, 0.2) is 0 Å². The quantitative estimate of drug-likeness (QED) is 0.874. The van der Waals surface area contributed by atoms with Crippen LogP contribution in [0.4, 0.5) is 0 Å². The number of hydrogen-bond donors (Lipinski definition) is 1. The third-order valence-corrected chi connectivity index (χ3v) is 2.56. The fourth-order valence-electron chi connectivity index (χ4n) is 1.80. The lowest BCUT2D eigenvalue weighted by Gasteiger charge is -2.08. The predicted molar refractivity (Wildman–Crippen MR) is 67.6 cm³/mol. The van der Waals surface area contributed by atoms with Crippen molar-refractivity contribution >= 4 is 16.9 Å². The number of imidazole rings is 1. The minimum atomic E-state index is 0.0813. The SMILES string of the molecule is CC(C)NC(=O)CCn1cnc2ccccc21. The molecule has 0 saturated carbocycles. The Morgan fingerprint density at radius 3 is 2.94 bits per heavy atom. The number of hydrogen-bond acceptors (Lipinski definition) is 2. The number of rotatable bonds is 4. The van der Waals surface area contributed by atoms with Crippen LogP contribution in [0.2, 0.25) is 0 Å². The van der Waals surface area contributed by atoms with E-state index in [1.165, 1.54) is 0 Å². The standard InChI is InChI=1S/C13H17N3O/c1-10(2)15-13(17)7-8-16-9-14-11-5-3-4-6-12(11)16/h3-6,9-10H,7-8H2,1-2H3,(H,15,17). The van der Waals surface area contributed by atoms with Gasteiger partial charge in [0.2, 0.25) is 5.91 Å². The molecule has 1 heterocycles. The second-order valence-corrected chi connectivity index (χ2v) is 4.40. The Morgan fingerprint density at radius 1 is 1.41 bits per heavy atom. The van der Waals surface area contributed by atoms with Crippen molar-refractivity contribution in [3.05, 3.63) is 30.6 Å². The van der Waals surface area contributed by atoms with Crippen LogP contribution in [0.3, 0.4) is 0 Å². The lowest BCUT2D eigenvalue weighted by atomic mass is 10.3. The maximum atomic E-state index is 11.5. The number of nitrogens with one attached hydrogen (secondary N) is 1. The molecule has 0 spiro atoms. The van der Waals surface area contributed by atoms with Gasteiger partial charge < -0.3 is 9.88 Å². The molecular formula is C13H17N3O. The predicted octanol–water partition coefficient (Wildman–Crippen LogP) is 1.95. The first kappa shape index (κ1) is 11.6. The van der Waals surface area contributed by atoms with E-state index in [4.69, 9.17) is 0 Å². The third-order valence-electron chi connectivity index (χ3n) is 2.56. The van der Waals surface area contributed by atoms with E-state index >= 15 is 0 Å². The summed E-state index contributed by atoms with van der Waals surface area (Å²) in [5.41, 5.74) is 2.04. The van der Waals surface area contributed by atoms with Gasteiger partial charge in [0.1, 0.15) is 0 Å². The zero-order chi connectivity index (χ0) is 12.3. The molecule has 2 rings (SSSR count). The van der Waals surface area contributed by atoms with Gasteiger partial charge in [-0.25, -0.2) is 4.98 Å². The molecule has 0 bridgehead atoms. The molecule has 1 amide bonds. The minimum Gasteiger partial charge on any atom is -0.354 e. The van der Waals surface area contributed by atoms with Crippen molar-refractivity contribution < 1.29 is 4.79 Å². The average Bonchev–Trinajstić information content (AvgIpc) is 2.69. The molecule has 1 aromatic carbocycles. The molecule has 0 aliphatic heterocycles. The number of amides is 1. The fourth-order valence-corrected chi connectivity index (χ4v) is 1.80. The second kappa shape index (κ2) is 4.99. The molecule has 1 N–H and O–H groups in total. The molecule has 0 radical (unpaired) electrons. The lowest BCUT2D eigenvalue weighted by Crippen LogP contribution is -2.30. The molecule has 0 aliphatic carbocycles. The van der Waals surface area contributed by atoms with Crippen LogP contribution in [0.25, 0.3) is 11.0 Å². The van der Waals surface area contributed by atoms with E-state index in [2.05, 4.69) is 10.3 Å². The molecule has 0 aliphatic rings. The first-order valence-corrected chi connectivity index (χ1v) is 5.86. The molecule has 90 valence electrons. The van der Waals surface area contributed by atoms with E-state index in [-0.39, 0.29) is 11.9 Å². The number of benzene rings is 1. The molecule has 4 nitrogen and oxygen atoms in total. The smallest absolute Gasteiger partial charge is 0.221 e. The Hall–Kier alpha value is -1.84. The third kappa shape index (κ3) is 2.84. The number of carbonyl (C=O) groups is 1. The van der Waals surface area contributed by atoms with Crippen molar-refractivity contribution in [1.29, 1.82) is 0 Å². The van der Waals surface area contributed by atoms with E-state index in [0.717, 1.165) is 11.0 Å². The zero-order valence-electron chi connectivity index (χ0n) is 10.2. The van der Waals surface area contributed by atoms with Crippen LogP contribution >= 0.6 is 0 Å². The summed E-state index contributed by atoms with van der Waals surface area (Å²) in [6.45, 7) is 4.59. The topological polar surface area (TPSA) is 46.9 Å². The highest BCUT2D eigenvalue weighted by atomic mass is 16.1. The molecule has 0 unspecified atom stereocenters. The number of carbonyl (C=O) groups excluding carboxylic acids is 1. The molecule has 0 fully saturated rings. The molecule has 0 saturated heterocycles. The summed E-state index contributed by atoms with van der Waals surface area (Å²) in [6.07, 6.45) is 2.27. The van der Waals surface area contributed by atoms with Crippen molar-refractivity contribution in [3.8, 4) is 0 Å². The lowest BCUT2D eigenvalue weighted by molar-refractivity contribution is -0.121. The van der Waals surface area contributed by atoms with Crippen molar-refractivity contribution in [2.24, 2.45) is 0 Å². The van der Waals surface area contributed by atoms with Crippen molar-refractivity contribution in [2.75, 3.05) is 0 Å². The molecule has 0 atom stereocenters. The van der Waals surface area contributed by atoms with Gasteiger partial charge in [-0.3, -0.25) is 4.79 Å². The van der Waals surface area contributed by atoms with E-state index < -0.39 is 0 Å². The van der Waals surface area contributed by atoms with E-state index in [1.54, 1.807) is 6.33 Å². The normalized spacial score (nSPS) is 11.0. The summed E-state index contributed by atoms with van der Waals surface area (Å²) in [7, 11) is 0. The van der Waals surface area contributed by atoms with Crippen LogP contribution in [0.15, 0.2) is 30.6 Å². The maximum absolute atomic E-state index is 11.5. The number of fused-ring (bicyclic) bond motifs is 1. The van der Waals surface area contributed by atoms with Crippen LogP contribution < -0.4 is 5.32 Å². The molecule has 17 heavy (non-hydrogen) atoms. The van der Waals surface area contributed by atoms with Gasteiger partial charge in [-0.15, -0.1) is 0 Å². The Balaban J connectivity index is 2.02. The molecule has 1 aromatic heterocycles. The largest absolute Gasteiger partial charge is 0.354 e. The first-order chi connectivity index (χ1) is 8.16. The molecular weight excluding hydrogens is 214 g/mol. The van der Waals surface area contributed by atoms with E-state index in [0.29, 0.717) is 13.0 Å². The van der Waals surface area contributed by atoms with E-state index in [9.17, 15) is 4.79 Å². The highest BCUT2D eigenvalue weighted by Gasteiger charge is 2.05. The van der Waals surface area contributed by atoms with Gasteiger partial charge in [-0.2, -0.15) is 0 Å². The highest BCUT2D eigenvalue weighted by Crippen LogP contribution is 2.11. The van der Waals surface area contributed by atoms with Crippen molar-refractivity contribution in [3.63, 3.8) is 0 Å². The minimum absolute atomic E-state index is 0.0813. The van der Waals surface area contributed by atoms with Crippen LogP contribution in [0.1, 0.15) is 20.3 Å². The average molecular weight is 231 g/mol. The summed E-state index contributed by atoms with van der Waals surface area (Å²) in [6, 6.07) is 8.13. The van der Waals surface area contributed by atoms with Crippen LogP contribution in [-0.2, 0) is 11.3 Å². The van der Waals surface area contributed by atoms with Crippen LogP contribution in [-0.4, -0.2) is 21.5 Å². The number of aromatic nitrogens is 2. The summed E-state index contributed by atoms with van der Waals surface area (Å²) in [4.78, 5) is 15.8. The maximum Gasteiger partial charge on any atom is 0.221 e. The van der Waals surface area contributed by atoms with Gasteiger partial charge in [-0.05, 0) is 26.0 Å². The van der Waals surface area contributed by atoms with Gasteiger partial charge in [0, 0.05) is 19.0 Å². The Morgan fingerprint density at radius 2 is 2.18 bits per heavy atom. The molecule has 4 heteroatoms. The second-order valence-electron chi connectivity index (χ2n) is 4.40. The van der Waals surface area contributed by atoms with Crippen molar-refractivity contribution in [1.82, 2.24) is 14.9 Å².